The Labute approximate surface area is 123 Å². The standard InChI is InChI=1S/C13H18N4O3S/c1-17(9-10-7-14-5-6-20-10)21(18,19)12-8-16-13-11(12)3-2-4-15-13/h2-4,8,10,14H,5-7,9H2,1H3,(H,15,16). The van der Waals surface area contributed by atoms with Gasteiger partial charge in [-0.2, -0.15) is 4.31 Å². The van der Waals surface area contributed by atoms with Crippen LogP contribution in [0.4, 0.5) is 0 Å². The quantitative estimate of drug-likeness (QED) is 0.841. The van der Waals surface area contributed by atoms with Gasteiger partial charge in [-0.3, -0.25) is 0 Å². The molecule has 1 atom stereocenters. The molecule has 2 aromatic rings. The predicted molar refractivity (Wildman–Crippen MR) is 78.5 cm³/mol. The van der Waals surface area contributed by atoms with E-state index in [9.17, 15) is 8.42 Å². The monoisotopic (exact) mass is 310 g/mol. The van der Waals surface area contributed by atoms with Gasteiger partial charge >= 0.3 is 0 Å². The first-order valence-electron chi connectivity index (χ1n) is 6.80. The fraction of sp³-hybridized carbons (Fsp3) is 0.462. The third-order valence-corrected chi connectivity index (χ3v) is 5.43. The summed E-state index contributed by atoms with van der Waals surface area (Å²) in [6, 6.07) is 3.47. The molecule has 2 N–H and O–H groups in total. The van der Waals surface area contributed by atoms with Crippen LogP contribution in [0.15, 0.2) is 29.4 Å². The number of rotatable bonds is 4. The second kappa shape index (κ2) is 5.72. The van der Waals surface area contributed by atoms with Gasteiger partial charge in [0.1, 0.15) is 10.5 Å². The summed E-state index contributed by atoms with van der Waals surface area (Å²) >= 11 is 0. The van der Waals surface area contributed by atoms with Crippen molar-refractivity contribution in [2.45, 2.75) is 11.0 Å². The number of morpholine rings is 1. The highest BCUT2D eigenvalue weighted by Crippen LogP contribution is 2.23. The second-order valence-corrected chi connectivity index (χ2v) is 7.05. The van der Waals surface area contributed by atoms with E-state index in [0.29, 0.717) is 30.7 Å². The van der Waals surface area contributed by atoms with Crippen molar-refractivity contribution in [2.24, 2.45) is 0 Å². The van der Waals surface area contributed by atoms with E-state index in [-0.39, 0.29) is 11.0 Å². The number of pyridine rings is 1. The zero-order valence-corrected chi connectivity index (χ0v) is 12.6. The summed E-state index contributed by atoms with van der Waals surface area (Å²) in [5.41, 5.74) is 0.569. The number of sulfonamides is 1. The first-order chi connectivity index (χ1) is 10.1. The molecule has 0 radical (unpaired) electrons. The van der Waals surface area contributed by atoms with Crippen LogP contribution in [-0.2, 0) is 14.8 Å². The molecule has 2 aromatic heterocycles. The molecule has 0 aliphatic carbocycles. The lowest BCUT2D eigenvalue weighted by Crippen LogP contribution is -2.45. The molecule has 0 bridgehead atoms. The first-order valence-corrected chi connectivity index (χ1v) is 8.24. The maximum absolute atomic E-state index is 12.7. The van der Waals surface area contributed by atoms with Gasteiger partial charge in [0, 0.05) is 44.5 Å². The number of aromatic nitrogens is 2. The third kappa shape index (κ3) is 2.80. The zero-order chi connectivity index (χ0) is 14.9. The maximum atomic E-state index is 12.7. The summed E-state index contributed by atoms with van der Waals surface area (Å²) in [6.45, 7) is 2.40. The largest absolute Gasteiger partial charge is 0.374 e. The number of ether oxygens (including phenoxy) is 1. The van der Waals surface area contributed by atoms with E-state index >= 15 is 0 Å². The fourth-order valence-corrected chi connectivity index (χ4v) is 3.78. The van der Waals surface area contributed by atoms with E-state index in [1.54, 1.807) is 25.4 Å². The van der Waals surface area contributed by atoms with Crippen LogP contribution in [0.3, 0.4) is 0 Å². The van der Waals surface area contributed by atoms with Gasteiger partial charge in [-0.05, 0) is 12.1 Å². The molecular weight excluding hydrogens is 292 g/mol. The van der Waals surface area contributed by atoms with Crippen molar-refractivity contribution < 1.29 is 13.2 Å². The Bertz CT molecular complexity index is 722. The van der Waals surface area contributed by atoms with Gasteiger partial charge in [0.05, 0.1) is 12.7 Å². The van der Waals surface area contributed by atoms with Gasteiger partial charge in [0.25, 0.3) is 0 Å². The predicted octanol–water partition coefficient (Wildman–Crippen LogP) is 0.172. The molecule has 0 aromatic carbocycles. The minimum atomic E-state index is -3.57. The maximum Gasteiger partial charge on any atom is 0.245 e. The highest BCUT2D eigenvalue weighted by atomic mass is 32.2. The van der Waals surface area contributed by atoms with E-state index in [2.05, 4.69) is 15.3 Å². The summed E-state index contributed by atoms with van der Waals surface area (Å²) in [6.07, 6.45) is 2.99. The molecule has 1 aliphatic heterocycles. The van der Waals surface area contributed by atoms with Gasteiger partial charge in [0.2, 0.25) is 10.0 Å². The zero-order valence-electron chi connectivity index (χ0n) is 11.7. The lowest BCUT2D eigenvalue weighted by molar-refractivity contribution is 0.0206. The molecule has 21 heavy (non-hydrogen) atoms. The number of fused-ring (bicyclic) bond motifs is 1. The molecule has 7 nitrogen and oxygen atoms in total. The number of aromatic amines is 1. The van der Waals surface area contributed by atoms with Crippen LogP contribution < -0.4 is 5.32 Å². The fourth-order valence-electron chi connectivity index (χ4n) is 2.43. The van der Waals surface area contributed by atoms with E-state index in [1.165, 1.54) is 10.5 Å². The molecule has 114 valence electrons. The number of likely N-dealkylation sites (N-methyl/N-ethyl adjacent to an activating group) is 1. The molecule has 0 saturated carbocycles. The van der Waals surface area contributed by atoms with E-state index in [0.717, 1.165) is 6.54 Å². The Balaban J connectivity index is 1.85. The van der Waals surface area contributed by atoms with Crippen molar-refractivity contribution in [1.29, 1.82) is 0 Å². The number of hydrogen-bond donors (Lipinski definition) is 2. The molecule has 1 unspecified atom stereocenters. The summed E-state index contributed by atoms with van der Waals surface area (Å²) < 4.78 is 32.3. The third-order valence-electron chi connectivity index (χ3n) is 3.57. The van der Waals surface area contributed by atoms with Crippen LogP contribution in [0.5, 0.6) is 0 Å². The summed E-state index contributed by atoms with van der Waals surface area (Å²) in [7, 11) is -2.00. The molecule has 0 spiro atoms. The highest BCUT2D eigenvalue weighted by molar-refractivity contribution is 7.89. The van der Waals surface area contributed by atoms with Crippen LogP contribution in [-0.4, -0.2) is 62.1 Å². The Morgan fingerprint density at radius 1 is 1.52 bits per heavy atom. The Morgan fingerprint density at radius 3 is 3.14 bits per heavy atom. The summed E-state index contributed by atoms with van der Waals surface area (Å²) in [5, 5.41) is 3.80. The van der Waals surface area contributed by atoms with Crippen LogP contribution in [0, 0.1) is 0 Å². The van der Waals surface area contributed by atoms with Crippen molar-refractivity contribution in [3.05, 3.63) is 24.5 Å². The lowest BCUT2D eigenvalue weighted by Gasteiger charge is -2.27. The first kappa shape index (κ1) is 14.5. The Hall–Kier alpha value is -1.48. The van der Waals surface area contributed by atoms with E-state index in [1.807, 2.05) is 0 Å². The number of H-pyrrole nitrogens is 1. The van der Waals surface area contributed by atoms with E-state index < -0.39 is 10.0 Å². The van der Waals surface area contributed by atoms with Gasteiger partial charge in [-0.15, -0.1) is 0 Å². The van der Waals surface area contributed by atoms with Gasteiger partial charge in [-0.25, -0.2) is 13.4 Å². The lowest BCUT2D eigenvalue weighted by atomic mass is 10.3. The minimum absolute atomic E-state index is 0.123. The number of nitrogens with one attached hydrogen (secondary N) is 2. The average molecular weight is 310 g/mol. The van der Waals surface area contributed by atoms with Gasteiger partial charge in [-0.1, -0.05) is 0 Å². The van der Waals surface area contributed by atoms with Crippen molar-refractivity contribution in [1.82, 2.24) is 19.6 Å². The smallest absolute Gasteiger partial charge is 0.245 e. The number of hydrogen-bond acceptors (Lipinski definition) is 5. The molecule has 3 heterocycles. The SMILES string of the molecule is CN(CC1CNCCO1)S(=O)(=O)c1c[nH]c2ncccc12. The van der Waals surface area contributed by atoms with Crippen LogP contribution in [0.1, 0.15) is 0 Å². The van der Waals surface area contributed by atoms with Gasteiger partial charge < -0.3 is 15.0 Å². The summed E-state index contributed by atoms with van der Waals surface area (Å²) in [4.78, 5) is 7.26. The number of nitrogens with zero attached hydrogens (tertiary/aromatic N) is 2. The molecule has 1 aliphatic rings. The molecule has 8 heteroatoms. The van der Waals surface area contributed by atoms with Crippen molar-refractivity contribution in [3.8, 4) is 0 Å². The van der Waals surface area contributed by atoms with Crippen LogP contribution >= 0.6 is 0 Å². The van der Waals surface area contributed by atoms with E-state index in [4.69, 9.17) is 4.74 Å². The Morgan fingerprint density at radius 2 is 2.38 bits per heavy atom. The topological polar surface area (TPSA) is 87.3 Å². The minimum Gasteiger partial charge on any atom is -0.374 e. The van der Waals surface area contributed by atoms with Crippen LogP contribution in [0.2, 0.25) is 0 Å². The molecule has 3 rings (SSSR count). The van der Waals surface area contributed by atoms with Crippen molar-refractivity contribution >= 4 is 21.1 Å². The van der Waals surface area contributed by atoms with Crippen LogP contribution in [0.25, 0.3) is 11.0 Å². The normalized spacial score (nSPS) is 20.2. The molecular formula is C13H18N4O3S. The highest BCUT2D eigenvalue weighted by Gasteiger charge is 2.27. The molecule has 1 fully saturated rings. The molecule has 0 amide bonds. The van der Waals surface area contributed by atoms with Crippen molar-refractivity contribution in [2.75, 3.05) is 33.3 Å². The van der Waals surface area contributed by atoms with Crippen molar-refractivity contribution in [3.63, 3.8) is 0 Å². The van der Waals surface area contributed by atoms with Gasteiger partial charge in [0.15, 0.2) is 0 Å². The second-order valence-electron chi connectivity index (χ2n) is 5.03. The summed E-state index contributed by atoms with van der Waals surface area (Å²) in [5.74, 6) is 0. The average Bonchev–Trinajstić information content (AvgIpc) is 2.93. The Kier molecular flexibility index (Phi) is 3.94. The molecule has 1 saturated heterocycles.